The Morgan fingerprint density at radius 3 is 1.07 bits per heavy atom. The van der Waals surface area contributed by atoms with Crippen molar-refractivity contribution >= 4 is 13.7 Å². The summed E-state index contributed by atoms with van der Waals surface area (Å²) in [4.78, 5) is 25.6. The van der Waals surface area contributed by atoms with Gasteiger partial charge < -0.3 is 28.8 Å². The first kappa shape index (κ1) is 75.0. The largest absolute Gasteiger partial charge is 0.756 e. The van der Waals surface area contributed by atoms with Crippen LogP contribution in [0.25, 0.3) is 0 Å². The Morgan fingerprint density at radius 1 is 0.447 bits per heavy atom. The van der Waals surface area contributed by atoms with Crippen molar-refractivity contribution in [1.82, 2.24) is 5.32 Å². The average Bonchev–Trinajstić information content (AvgIpc) is 3.38. The Labute approximate surface area is 474 Å². The van der Waals surface area contributed by atoms with Gasteiger partial charge in [0.2, 0.25) is 5.91 Å². The van der Waals surface area contributed by atoms with Gasteiger partial charge in [-0.1, -0.05) is 334 Å². The molecule has 0 rings (SSSR count). The molecule has 0 aliphatic rings. The van der Waals surface area contributed by atoms with Crippen LogP contribution in [-0.4, -0.2) is 68.5 Å². The number of phosphoric acid groups is 1. The second-order valence-electron chi connectivity index (χ2n) is 24.5. The van der Waals surface area contributed by atoms with Gasteiger partial charge in [-0.25, -0.2) is 0 Å². The maximum Gasteiger partial charge on any atom is 0.268 e. The van der Waals surface area contributed by atoms with Crippen molar-refractivity contribution in [2.75, 3.05) is 40.9 Å². The quantitative estimate of drug-likeness (QED) is 0.0272. The molecule has 9 heteroatoms. The molecule has 76 heavy (non-hydrogen) atoms. The zero-order valence-corrected chi connectivity index (χ0v) is 52.6. The molecule has 0 aromatic heterocycles. The summed E-state index contributed by atoms with van der Waals surface area (Å²) in [7, 11) is 1.26. The zero-order valence-electron chi connectivity index (χ0n) is 51.7. The highest BCUT2D eigenvalue weighted by Crippen LogP contribution is 2.38. The van der Waals surface area contributed by atoms with E-state index in [1.54, 1.807) is 6.08 Å². The van der Waals surface area contributed by atoms with Gasteiger partial charge in [0.15, 0.2) is 0 Å². The first-order valence-corrected chi connectivity index (χ1v) is 35.2. The minimum absolute atomic E-state index is 0.00346. The van der Waals surface area contributed by atoms with Gasteiger partial charge >= 0.3 is 0 Å². The minimum Gasteiger partial charge on any atom is -0.756 e. The lowest BCUT2D eigenvalue weighted by atomic mass is 10.0. The Bertz CT molecular complexity index is 1290. The molecule has 0 spiro atoms. The normalized spacial score (nSPS) is 13.8. The molecule has 2 N–H and O–H groups in total. The van der Waals surface area contributed by atoms with Gasteiger partial charge in [0, 0.05) is 6.42 Å². The zero-order chi connectivity index (χ0) is 55.6. The number of carbonyl (C=O) groups is 1. The second kappa shape index (κ2) is 58.6. The fourth-order valence-corrected chi connectivity index (χ4v) is 11.1. The molecule has 3 atom stereocenters. The monoisotopic (exact) mass is 1090 g/mol. The SMILES string of the molecule is CCCCCCCCCCCCCCCCCCCCCCCCC/C=C/CC/C=C/C(O)C(COP(=O)([O-])OCC[N+](C)(C)C)NC(=O)CCCCCCCCCCCCCCCCCCCCCCCCCCC. The average molecular weight is 1090 g/mol. The highest BCUT2D eigenvalue weighted by molar-refractivity contribution is 7.45. The van der Waals surface area contributed by atoms with E-state index in [-0.39, 0.29) is 19.1 Å². The number of nitrogens with zero attached hydrogens (tertiary/aromatic N) is 1. The fourth-order valence-electron chi connectivity index (χ4n) is 10.4. The van der Waals surface area contributed by atoms with Gasteiger partial charge in [-0.05, 0) is 32.1 Å². The number of likely N-dealkylation sites (N-methyl/N-ethyl adjacent to an activating group) is 1. The molecular weight excluding hydrogens is 960 g/mol. The van der Waals surface area contributed by atoms with E-state index in [0.29, 0.717) is 17.4 Å². The summed E-state index contributed by atoms with van der Waals surface area (Å²) in [5.41, 5.74) is 0. The first-order chi connectivity index (χ1) is 37.0. The molecule has 0 aromatic carbocycles. The predicted molar refractivity (Wildman–Crippen MR) is 330 cm³/mol. The van der Waals surface area contributed by atoms with E-state index in [1.165, 1.54) is 289 Å². The first-order valence-electron chi connectivity index (χ1n) is 33.7. The molecular formula is C67H133N2O6P. The van der Waals surface area contributed by atoms with Gasteiger partial charge in [-0.15, -0.1) is 0 Å². The van der Waals surface area contributed by atoms with Crippen molar-refractivity contribution < 1.29 is 32.9 Å². The summed E-state index contributed by atoms with van der Waals surface area (Å²) >= 11 is 0. The van der Waals surface area contributed by atoms with Crippen LogP contribution < -0.4 is 10.2 Å². The van der Waals surface area contributed by atoms with Gasteiger partial charge in [-0.3, -0.25) is 9.36 Å². The highest BCUT2D eigenvalue weighted by atomic mass is 31.2. The number of aliphatic hydroxyl groups is 1. The molecule has 3 unspecified atom stereocenters. The highest BCUT2D eigenvalue weighted by Gasteiger charge is 2.23. The van der Waals surface area contributed by atoms with E-state index >= 15 is 0 Å². The Hall–Kier alpha value is -1.02. The number of nitrogens with one attached hydrogen (secondary N) is 1. The van der Waals surface area contributed by atoms with E-state index in [0.717, 1.165) is 38.5 Å². The third-order valence-corrected chi connectivity index (χ3v) is 16.6. The van der Waals surface area contributed by atoms with Crippen molar-refractivity contribution in [1.29, 1.82) is 0 Å². The van der Waals surface area contributed by atoms with Gasteiger partial charge in [-0.2, -0.15) is 0 Å². The Balaban J connectivity index is 4.11. The number of amides is 1. The summed E-state index contributed by atoms with van der Waals surface area (Å²) < 4.78 is 23.4. The van der Waals surface area contributed by atoms with E-state index in [2.05, 4.69) is 31.3 Å². The molecule has 0 saturated carbocycles. The minimum atomic E-state index is -4.61. The van der Waals surface area contributed by atoms with E-state index in [9.17, 15) is 19.4 Å². The summed E-state index contributed by atoms with van der Waals surface area (Å²) in [5.74, 6) is -0.199. The molecule has 0 aliphatic heterocycles. The number of hydrogen-bond acceptors (Lipinski definition) is 6. The van der Waals surface area contributed by atoms with E-state index < -0.39 is 20.0 Å². The number of quaternary nitrogens is 1. The lowest BCUT2D eigenvalue weighted by molar-refractivity contribution is -0.870. The van der Waals surface area contributed by atoms with Crippen LogP contribution in [0.3, 0.4) is 0 Å². The molecule has 0 aromatic rings. The van der Waals surface area contributed by atoms with Crippen molar-refractivity contribution in [2.45, 2.75) is 360 Å². The maximum absolute atomic E-state index is 13.0. The van der Waals surface area contributed by atoms with Crippen LogP contribution in [0, 0.1) is 0 Å². The van der Waals surface area contributed by atoms with Crippen molar-refractivity contribution in [3.8, 4) is 0 Å². The van der Waals surface area contributed by atoms with Gasteiger partial charge in [0.25, 0.3) is 7.82 Å². The van der Waals surface area contributed by atoms with E-state index in [1.807, 2.05) is 27.2 Å². The Kier molecular flexibility index (Phi) is 57.8. The third kappa shape index (κ3) is 60.6. The van der Waals surface area contributed by atoms with Crippen molar-refractivity contribution in [3.05, 3.63) is 24.3 Å². The van der Waals surface area contributed by atoms with Crippen molar-refractivity contribution in [3.63, 3.8) is 0 Å². The lowest BCUT2D eigenvalue weighted by Gasteiger charge is -2.29. The van der Waals surface area contributed by atoms with Crippen LogP contribution in [-0.2, 0) is 18.4 Å². The lowest BCUT2D eigenvalue weighted by Crippen LogP contribution is -2.45. The number of carbonyl (C=O) groups excluding carboxylic acids is 1. The van der Waals surface area contributed by atoms with Crippen LogP contribution in [0.4, 0.5) is 0 Å². The number of unbranched alkanes of at least 4 members (excludes halogenated alkanes) is 48. The number of rotatable bonds is 63. The van der Waals surface area contributed by atoms with Crippen molar-refractivity contribution in [2.24, 2.45) is 0 Å². The van der Waals surface area contributed by atoms with Crippen LogP contribution in [0.2, 0.25) is 0 Å². The molecule has 8 nitrogen and oxygen atoms in total. The molecule has 1 amide bonds. The van der Waals surface area contributed by atoms with E-state index in [4.69, 9.17) is 9.05 Å². The number of hydrogen-bond donors (Lipinski definition) is 2. The Morgan fingerprint density at radius 2 is 0.737 bits per heavy atom. The summed E-state index contributed by atoms with van der Waals surface area (Å²) in [5, 5.41) is 13.9. The summed E-state index contributed by atoms with van der Waals surface area (Å²) in [6.45, 7) is 4.69. The third-order valence-electron chi connectivity index (χ3n) is 15.7. The molecule has 0 saturated heterocycles. The predicted octanol–water partition coefficient (Wildman–Crippen LogP) is 20.5. The molecule has 0 aliphatic carbocycles. The molecule has 0 fully saturated rings. The molecule has 0 radical (unpaired) electrons. The van der Waals surface area contributed by atoms with Gasteiger partial charge in [0.05, 0.1) is 39.9 Å². The number of allylic oxidation sites excluding steroid dienone is 3. The van der Waals surface area contributed by atoms with Crippen LogP contribution in [0.5, 0.6) is 0 Å². The maximum atomic E-state index is 13.0. The molecule has 452 valence electrons. The van der Waals surface area contributed by atoms with Crippen LogP contribution in [0.1, 0.15) is 348 Å². The fraction of sp³-hybridized carbons (Fsp3) is 0.925. The molecule has 0 bridgehead atoms. The number of aliphatic hydroxyl groups excluding tert-OH is 1. The summed E-state index contributed by atoms with van der Waals surface area (Å²) in [6.07, 6.45) is 75.8. The topological polar surface area (TPSA) is 108 Å². The van der Waals surface area contributed by atoms with Crippen LogP contribution in [0.15, 0.2) is 24.3 Å². The van der Waals surface area contributed by atoms with Gasteiger partial charge in [0.1, 0.15) is 13.2 Å². The standard InChI is InChI=1S/C67H133N2O6P/c1-6-8-10-12-14-16-18-20-22-24-26-28-30-32-33-34-35-37-38-40-42-44-46-48-50-52-54-56-58-60-66(70)65(64-75-76(72,73)74-63-62-69(3,4)5)68-67(71)61-59-57-55-53-51-49-47-45-43-41-39-36-31-29-27-25-23-21-19-17-15-13-11-9-7-2/h50,52,58,60,65-66,70H,6-49,51,53-57,59,61-64H2,1-5H3,(H-,68,71,72,73)/b52-50+,60-58+. The summed E-state index contributed by atoms with van der Waals surface area (Å²) in [6, 6.07) is -0.901. The van der Waals surface area contributed by atoms with Crippen LogP contribution >= 0.6 is 7.82 Å². The number of phosphoric ester groups is 1. The molecule has 0 heterocycles. The second-order valence-corrected chi connectivity index (χ2v) is 25.9. The smallest absolute Gasteiger partial charge is 0.268 e.